The number of hydrogen-bond donors (Lipinski definition) is 2. The molecule has 3 N–H and O–H groups in total. The van der Waals surface area contributed by atoms with Crippen molar-refractivity contribution in [3.63, 3.8) is 0 Å². The SMILES string of the molecule is COc1ccc(N(C(N)=O)c2ccc(OC(C)(C)C(=O)O)cc2)cc1. The standard InChI is InChI=1S/C18H20N2O5/c1-18(2,16(21)22)25-15-10-6-13(7-11-15)20(17(19)23)12-4-8-14(24-3)9-5-12/h4-11H,1-3H3,(H2,19,23)(H,21,22). The maximum atomic E-state index is 11.9. The first-order valence-corrected chi connectivity index (χ1v) is 7.50. The second-order valence-corrected chi connectivity index (χ2v) is 5.78. The highest BCUT2D eigenvalue weighted by Crippen LogP contribution is 2.29. The van der Waals surface area contributed by atoms with Gasteiger partial charge in [0.05, 0.1) is 18.5 Å². The van der Waals surface area contributed by atoms with Gasteiger partial charge in [-0.25, -0.2) is 9.59 Å². The van der Waals surface area contributed by atoms with E-state index in [1.807, 2.05) is 0 Å². The van der Waals surface area contributed by atoms with Crippen LogP contribution in [-0.2, 0) is 4.79 Å². The lowest BCUT2D eigenvalue weighted by atomic mass is 10.1. The van der Waals surface area contributed by atoms with Gasteiger partial charge in [0.1, 0.15) is 11.5 Å². The number of carboxylic acid groups (broad SMARTS) is 1. The molecule has 0 aromatic heterocycles. The van der Waals surface area contributed by atoms with Crippen LogP contribution >= 0.6 is 0 Å². The Kier molecular flexibility index (Phi) is 5.17. The summed E-state index contributed by atoms with van der Waals surface area (Å²) < 4.78 is 10.5. The lowest BCUT2D eigenvalue weighted by Gasteiger charge is -2.23. The molecule has 0 unspecified atom stereocenters. The maximum absolute atomic E-state index is 11.9. The van der Waals surface area contributed by atoms with Gasteiger partial charge in [0.15, 0.2) is 5.60 Å². The Morgan fingerprint density at radius 2 is 1.40 bits per heavy atom. The zero-order chi connectivity index (χ0) is 18.6. The lowest BCUT2D eigenvalue weighted by molar-refractivity contribution is -0.152. The molecule has 0 aliphatic rings. The predicted octanol–water partition coefficient (Wildman–Crippen LogP) is 3.15. The molecule has 132 valence electrons. The first-order chi connectivity index (χ1) is 11.7. The van der Waals surface area contributed by atoms with Crippen molar-refractivity contribution in [3.8, 4) is 11.5 Å². The molecule has 2 rings (SSSR count). The minimum absolute atomic E-state index is 0.371. The Balaban J connectivity index is 2.27. The molecule has 0 fully saturated rings. The molecule has 7 nitrogen and oxygen atoms in total. The smallest absolute Gasteiger partial charge is 0.347 e. The lowest BCUT2D eigenvalue weighted by Crippen LogP contribution is -2.37. The van der Waals surface area contributed by atoms with Gasteiger partial charge in [-0.05, 0) is 62.4 Å². The number of ether oxygens (including phenoxy) is 2. The second kappa shape index (κ2) is 7.12. The van der Waals surface area contributed by atoms with Crippen LogP contribution in [0.1, 0.15) is 13.8 Å². The van der Waals surface area contributed by atoms with Crippen molar-refractivity contribution in [2.75, 3.05) is 12.0 Å². The summed E-state index contributed by atoms with van der Waals surface area (Å²) in [5.74, 6) is -0.0447. The van der Waals surface area contributed by atoms with Gasteiger partial charge in [0.25, 0.3) is 0 Å². The summed E-state index contributed by atoms with van der Waals surface area (Å²) in [7, 11) is 1.55. The Morgan fingerprint density at radius 3 is 1.76 bits per heavy atom. The maximum Gasteiger partial charge on any atom is 0.347 e. The van der Waals surface area contributed by atoms with Crippen molar-refractivity contribution >= 4 is 23.4 Å². The summed E-state index contributed by atoms with van der Waals surface area (Å²) >= 11 is 0. The van der Waals surface area contributed by atoms with Gasteiger partial charge in [-0.2, -0.15) is 0 Å². The molecule has 25 heavy (non-hydrogen) atoms. The van der Waals surface area contributed by atoms with E-state index in [2.05, 4.69) is 0 Å². The van der Waals surface area contributed by atoms with E-state index in [0.29, 0.717) is 22.9 Å². The Morgan fingerprint density at radius 1 is 0.960 bits per heavy atom. The van der Waals surface area contributed by atoms with Crippen molar-refractivity contribution in [2.24, 2.45) is 5.73 Å². The van der Waals surface area contributed by atoms with Gasteiger partial charge >= 0.3 is 12.0 Å². The fraction of sp³-hybridized carbons (Fsp3) is 0.222. The van der Waals surface area contributed by atoms with Crippen LogP contribution in [0.5, 0.6) is 11.5 Å². The summed E-state index contributed by atoms with van der Waals surface area (Å²) in [5, 5.41) is 9.10. The monoisotopic (exact) mass is 344 g/mol. The first-order valence-electron chi connectivity index (χ1n) is 7.50. The predicted molar refractivity (Wildman–Crippen MR) is 93.5 cm³/mol. The fourth-order valence-corrected chi connectivity index (χ4v) is 2.14. The van der Waals surface area contributed by atoms with Crippen molar-refractivity contribution in [3.05, 3.63) is 48.5 Å². The fourth-order valence-electron chi connectivity index (χ4n) is 2.14. The molecular weight excluding hydrogens is 324 g/mol. The Bertz CT molecular complexity index is 754. The van der Waals surface area contributed by atoms with Crippen LogP contribution in [0.15, 0.2) is 48.5 Å². The molecule has 0 aliphatic carbocycles. The number of aliphatic carboxylic acids is 1. The van der Waals surface area contributed by atoms with Gasteiger partial charge in [-0.1, -0.05) is 0 Å². The van der Waals surface area contributed by atoms with Crippen LogP contribution in [0.3, 0.4) is 0 Å². The number of urea groups is 1. The highest BCUT2D eigenvalue weighted by atomic mass is 16.5. The molecule has 0 saturated carbocycles. The number of carbonyl (C=O) groups is 2. The van der Waals surface area contributed by atoms with Crippen LogP contribution < -0.4 is 20.1 Å². The molecule has 2 amide bonds. The second-order valence-electron chi connectivity index (χ2n) is 5.78. The van der Waals surface area contributed by atoms with E-state index < -0.39 is 17.6 Å². The number of methoxy groups -OCH3 is 1. The molecule has 0 radical (unpaired) electrons. The van der Waals surface area contributed by atoms with Gasteiger partial charge in [0, 0.05) is 0 Å². The molecule has 0 atom stereocenters. The molecule has 7 heteroatoms. The van der Waals surface area contributed by atoms with Crippen LogP contribution in [0.2, 0.25) is 0 Å². The van der Waals surface area contributed by atoms with E-state index in [0.717, 1.165) is 0 Å². The number of amides is 2. The normalized spacial score (nSPS) is 10.8. The molecule has 2 aromatic rings. The number of rotatable bonds is 6. The molecule has 0 bridgehead atoms. The molecule has 0 spiro atoms. The van der Waals surface area contributed by atoms with Crippen LogP contribution in [0, 0.1) is 0 Å². The van der Waals surface area contributed by atoms with Crippen molar-refractivity contribution < 1.29 is 24.2 Å². The van der Waals surface area contributed by atoms with Gasteiger partial charge in [-0.3, -0.25) is 4.90 Å². The minimum Gasteiger partial charge on any atom is -0.497 e. The van der Waals surface area contributed by atoms with Crippen LogP contribution in [0.4, 0.5) is 16.2 Å². The van der Waals surface area contributed by atoms with Gasteiger partial charge in [-0.15, -0.1) is 0 Å². The molecular formula is C18H20N2O5. The summed E-state index contributed by atoms with van der Waals surface area (Å²) in [4.78, 5) is 24.3. The van der Waals surface area contributed by atoms with Gasteiger partial charge < -0.3 is 20.3 Å². The number of hydrogen-bond acceptors (Lipinski definition) is 4. The quantitative estimate of drug-likeness (QED) is 0.838. The molecule has 2 aromatic carbocycles. The Hall–Kier alpha value is -3.22. The average molecular weight is 344 g/mol. The number of benzene rings is 2. The first kappa shape index (κ1) is 18.1. The highest BCUT2D eigenvalue weighted by Gasteiger charge is 2.29. The average Bonchev–Trinajstić information content (AvgIpc) is 2.56. The zero-order valence-corrected chi connectivity index (χ0v) is 14.2. The summed E-state index contributed by atoms with van der Waals surface area (Å²) in [6, 6.07) is 12.6. The van der Waals surface area contributed by atoms with E-state index >= 15 is 0 Å². The topological polar surface area (TPSA) is 102 Å². The number of anilines is 2. The molecule has 0 saturated heterocycles. The number of carboxylic acids is 1. The van der Waals surface area contributed by atoms with Gasteiger partial charge in [0.2, 0.25) is 0 Å². The van der Waals surface area contributed by atoms with E-state index in [-0.39, 0.29) is 0 Å². The number of nitrogens with zero attached hydrogens (tertiary/aromatic N) is 1. The third kappa shape index (κ3) is 4.20. The van der Waals surface area contributed by atoms with Crippen molar-refractivity contribution in [1.29, 1.82) is 0 Å². The van der Waals surface area contributed by atoms with E-state index in [1.165, 1.54) is 18.7 Å². The number of nitrogens with two attached hydrogens (primary N) is 1. The molecule has 0 heterocycles. The third-order valence-corrected chi connectivity index (χ3v) is 3.53. The van der Waals surface area contributed by atoms with E-state index in [9.17, 15) is 9.59 Å². The summed E-state index contributed by atoms with van der Waals surface area (Å²) in [6.07, 6.45) is 0. The number of carbonyl (C=O) groups excluding carboxylic acids is 1. The zero-order valence-electron chi connectivity index (χ0n) is 14.2. The van der Waals surface area contributed by atoms with E-state index in [1.54, 1.807) is 55.6 Å². The van der Waals surface area contributed by atoms with Crippen molar-refractivity contribution in [1.82, 2.24) is 0 Å². The van der Waals surface area contributed by atoms with Crippen LogP contribution in [-0.4, -0.2) is 29.8 Å². The summed E-state index contributed by atoms with van der Waals surface area (Å²) in [6.45, 7) is 2.91. The van der Waals surface area contributed by atoms with E-state index in [4.69, 9.17) is 20.3 Å². The highest BCUT2D eigenvalue weighted by molar-refractivity contribution is 5.98. The van der Waals surface area contributed by atoms with Crippen molar-refractivity contribution in [2.45, 2.75) is 19.4 Å². The minimum atomic E-state index is -1.36. The summed E-state index contributed by atoms with van der Waals surface area (Å²) in [5.41, 5.74) is 5.24. The molecule has 0 aliphatic heterocycles. The number of primary amides is 1. The van der Waals surface area contributed by atoms with Crippen LogP contribution in [0.25, 0.3) is 0 Å². The Labute approximate surface area is 145 Å². The third-order valence-electron chi connectivity index (χ3n) is 3.53. The largest absolute Gasteiger partial charge is 0.497 e.